The number of nitrogens with zero attached hydrogens (tertiary/aromatic N) is 1. The topological polar surface area (TPSA) is 13.1 Å². The van der Waals surface area contributed by atoms with Crippen LogP contribution in [0.15, 0.2) is 18.5 Å². The van der Waals surface area contributed by atoms with E-state index in [9.17, 15) is 0 Å². The molecule has 0 N–H and O–H groups in total. The fourth-order valence-corrected chi connectivity index (χ4v) is 2.69. The molecule has 2 heteroatoms. The van der Waals surface area contributed by atoms with Crippen molar-refractivity contribution in [3.8, 4) is 0 Å². The van der Waals surface area contributed by atoms with Gasteiger partial charge in [-0.25, -0.2) is 0 Å². The molecule has 21 heavy (non-hydrogen) atoms. The van der Waals surface area contributed by atoms with E-state index in [0.29, 0.717) is 6.73 Å². The zero-order chi connectivity index (χ0) is 15.3. The second kappa shape index (κ2) is 11.7. The van der Waals surface area contributed by atoms with Crippen LogP contribution in [0.3, 0.4) is 0 Å². The molecule has 0 atom stereocenters. The Morgan fingerprint density at radius 3 is 2.19 bits per heavy atom. The maximum atomic E-state index is 5.78. The van der Waals surface area contributed by atoms with Gasteiger partial charge in [0.2, 0.25) is 0 Å². The number of rotatable bonds is 12. The van der Waals surface area contributed by atoms with Gasteiger partial charge >= 0.3 is 0 Å². The molecule has 2 nitrogen and oxygen atoms in total. The summed E-state index contributed by atoms with van der Waals surface area (Å²) in [5.74, 6) is 0. The van der Waals surface area contributed by atoms with Crippen molar-refractivity contribution in [3.05, 3.63) is 29.6 Å². The quantitative estimate of drug-likeness (QED) is 0.397. The molecule has 0 saturated carbocycles. The first-order valence-electron chi connectivity index (χ1n) is 8.90. The Morgan fingerprint density at radius 2 is 1.52 bits per heavy atom. The Morgan fingerprint density at radius 1 is 0.857 bits per heavy atom. The highest BCUT2D eigenvalue weighted by atomic mass is 16.5. The second-order valence-corrected chi connectivity index (χ2v) is 5.88. The lowest BCUT2D eigenvalue weighted by atomic mass is 10.1. The van der Waals surface area contributed by atoms with E-state index in [0.717, 1.165) is 19.4 Å². The molecule has 0 aromatic carbocycles. The fraction of sp³-hybridized carbons (Fsp3) is 0.737. The average Bonchev–Trinajstić information content (AvgIpc) is 2.53. The first-order chi connectivity index (χ1) is 10.3. The summed E-state index contributed by atoms with van der Waals surface area (Å²) >= 11 is 0. The van der Waals surface area contributed by atoms with Crippen LogP contribution in [0.2, 0.25) is 0 Å². The maximum absolute atomic E-state index is 5.78. The van der Waals surface area contributed by atoms with Gasteiger partial charge in [0, 0.05) is 11.6 Å². The Hall–Kier alpha value is -0.890. The molecular formula is C19H34NO+. The van der Waals surface area contributed by atoms with Crippen molar-refractivity contribution in [1.29, 1.82) is 0 Å². The SMILES string of the molecule is CCCCCCCCCOC[n+]1ccc(CC)c(CC)c1. The molecule has 0 aliphatic heterocycles. The zero-order valence-corrected chi connectivity index (χ0v) is 14.4. The van der Waals surface area contributed by atoms with E-state index in [2.05, 4.69) is 43.8 Å². The van der Waals surface area contributed by atoms with Gasteiger partial charge in [0.15, 0.2) is 12.4 Å². The predicted molar refractivity (Wildman–Crippen MR) is 89.3 cm³/mol. The van der Waals surface area contributed by atoms with Gasteiger partial charge in [-0.2, -0.15) is 4.57 Å². The van der Waals surface area contributed by atoms with E-state index < -0.39 is 0 Å². The number of unbranched alkanes of at least 4 members (excludes halogenated alkanes) is 6. The molecule has 0 aliphatic rings. The van der Waals surface area contributed by atoms with Gasteiger partial charge < -0.3 is 4.74 Å². The predicted octanol–water partition coefficient (Wildman–Crippen LogP) is 4.82. The number of pyridine rings is 1. The van der Waals surface area contributed by atoms with Crippen molar-refractivity contribution < 1.29 is 9.30 Å². The zero-order valence-electron chi connectivity index (χ0n) is 14.4. The molecule has 0 aliphatic carbocycles. The number of aryl methyl sites for hydroxylation is 2. The monoisotopic (exact) mass is 292 g/mol. The van der Waals surface area contributed by atoms with E-state index in [1.165, 1.54) is 56.1 Å². The van der Waals surface area contributed by atoms with E-state index in [1.54, 1.807) is 0 Å². The molecular weight excluding hydrogens is 258 g/mol. The third-order valence-electron chi connectivity index (χ3n) is 4.10. The summed E-state index contributed by atoms with van der Waals surface area (Å²) in [6.45, 7) is 8.28. The highest BCUT2D eigenvalue weighted by Gasteiger charge is 2.06. The van der Waals surface area contributed by atoms with Crippen LogP contribution >= 0.6 is 0 Å². The van der Waals surface area contributed by atoms with Crippen LogP contribution in [0.4, 0.5) is 0 Å². The molecule has 0 radical (unpaired) electrons. The van der Waals surface area contributed by atoms with Crippen molar-refractivity contribution >= 4 is 0 Å². The first kappa shape index (κ1) is 18.2. The molecule has 0 unspecified atom stereocenters. The Bertz CT molecular complexity index is 376. The lowest BCUT2D eigenvalue weighted by molar-refractivity contribution is -0.733. The molecule has 1 aromatic rings. The second-order valence-electron chi connectivity index (χ2n) is 5.88. The van der Waals surface area contributed by atoms with Crippen molar-refractivity contribution in [2.24, 2.45) is 0 Å². The fourth-order valence-electron chi connectivity index (χ4n) is 2.69. The Kier molecular flexibility index (Phi) is 10.1. The third kappa shape index (κ3) is 7.61. The van der Waals surface area contributed by atoms with Gasteiger partial charge in [0.25, 0.3) is 6.73 Å². The molecule has 0 spiro atoms. The van der Waals surface area contributed by atoms with Crippen LogP contribution in [0.1, 0.15) is 76.8 Å². The highest BCUT2D eigenvalue weighted by Crippen LogP contribution is 2.08. The van der Waals surface area contributed by atoms with E-state index >= 15 is 0 Å². The van der Waals surface area contributed by atoms with Gasteiger partial charge in [0.05, 0.1) is 6.61 Å². The van der Waals surface area contributed by atoms with Gasteiger partial charge in [-0.05, 0) is 24.8 Å². The molecule has 0 bridgehead atoms. The van der Waals surface area contributed by atoms with Gasteiger partial charge in [-0.15, -0.1) is 0 Å². The standard InChI is InChI=1S/C19H34NO/c1-4-7-8-9-10-11-12-15-21-17-20-14-13-18(5-2)19(6-3)16-20/h13-14,16H,4-12,15,17H2,1-3H3/q+1. The summed E-state index contributed by atoms with van der Waals surface area (Å²) in [6.07, 6.45) is 16.0. The summed E-state index contributed by atoms with van der Waals surface area (Å²) in [5, 5.41) is 0. The van der Waals surface area contributed by atoms with Crippen molar-refractivity contribution in [2.45, 2.75) is 85.3 Å². The summed E-state index contributed by atoms with van der Waals surface area (Å²) < 4.78 is 7.95. The highest BCUT2D eigenvalue weighted by molar-refractivity contribution is 5.20. The molecule has 1 rings (SSSR count). The van der Waals surface area contributed by atoms with Crippen LogP contribution in [0.25, 0.3) is 0 Å². The average molecular weight is 292 g/mol. The van der Waals surface area contributed by atoms with E-state index in [4.69, 9.17) is 4.74 Å². The Labute approximate surface area is 131 Å². The molecule has 0 amide bonds. The summed E-state index contributed by atoms with van der Waals surface area (Å²) in [5.41, 5.74) is 2.90. The van der Waals surface area contributed by atoms with Crippen LogP contribution in [-0.2, 0) is 24.3 Å². The smallest absolute Gasteiger partial charge is 0.252 e. The van der Waals surface area contributed by atoms with Crippen LogP contribution in [0.5, 0.6) is 0 Å². The number of hydrogen-bond acceptors (Lipinski definition) is 1. The molecule has 1 aromatic heterocycles. The Balaban J connectivity index is 2.12. The van der Waals surface area contributed by atoms with Crippen molar-refractivity contribution in [1.82, 2.24) is 0 Å². The van der Waals surface area contributed by atoms with Gasteiger partial charge in [0.1, 0.15) is 0 Å². The van der Waals surface area contributed by atoms with E-state index in [1.807, 2.05) is 0 Å². The van der Waals surface area contributed by atoms with Gasteiger partial charge in [-0.3, -0.25) is 0 Å². The van der Waals surface area contributed by atoms with Crippen molar-refractivity contribution in [3.63, 3.8) is 0 Å². The largest absolute Gasteiger partial charge is 0.323 e. The normalized spacial score (nSPS) is 11.0. The minimum absolute atomic E-state index is 0.687. The molecule has 0 saturated heterocycles. The molecule has 120 valence electrons. The lowest BCUT2D eigenvalue weighted by Crippen LogP contribution is -2.35. The maximum Gasteiger partial charge on any atom is 0.252 e. The minimum Gasteiger partial charge on any atom is -0.323 e. The lowest BCUT2D eigenvalue weighted by Gasteiger charge is -2.05. The summed E-state index contributed by atoms with van der Waals surface area (Å²) in [7, 11) is 0. The molecule has 1 heterocycles. The minimum atomic E-state index is 0.687. The number of aromatic nitrogens is 1. The first-order valence-corrected chi connectivity index (χ1v) is 8.90. The van der Waals surface area contributed by atoms with Crippen LogP contribution in [0, 0.1) is 0 Å². The van der Waals surface area contributed by atoms with Gasteiger partial charge in [-0.1, -0.05) is 59.3 Å². The summed E-state index contributed by atoms with van der Waals surface area (Å²) in [4.78, 5) is 0. The number of ether oxygens (including phenoxy) is 1. The van der Waals surface area contributed by atoms with Crippen LogP contribution in [-0.4, -0.2) is 6.61 Å². The third-order valence-corrected chi connectivity index (χ3v) is 4.10. The van der Waals surface area contributed by atoms with Crippen molar-refractivity contribution in [2.75, 3.05) is 6.61 Å². The summed E-state index contributed by atoms with van der Waals surface area (Å²) in [6, 6.07) is 2.23. The van der Waals surface area contributed by atoms with E-state index in [-0.39, 0.29) is 0 Å². The van der Waals surface area contributed by atoms with Crippen LogP contribution < -0.4 is 4.57 Å². The number of hydrogen-bond donors (Lipinski definition) is 0. The molecule has 0 fully saturated rings.